The van der Waals surface area contributed by atoms with E-state index < -0.39 is 16.1 Å². The number of carbonyl (C=O) groups excluding carboxylic acids is 1. The molecule has 2 aliphatic rings. The van der Waals surface area contributed by atoms with Crippen LogP contribution in [-0.4, -0.2) is 57.5 Å². The van der Waals surface area contributed by atoms with Crippen LogP contribution in [0.5, 0.6) is 0 Å². The molecule has 1 atom stereocenters. The summed E-state index contributed by atoms with van der Waals surface area (Å²) in [5, 5.41) is 5.92. The molecule has 1 aromatic rings. The minimum absolute atomic E-state index is 0.0200. The summed E-state index contributed by atoms with van der Waals surface area (Å²) in [7, 11) is -3.65. The molecule has 24 heavy (non-hydrogen) atoms. The van der Waals surface area contributed by atoms with Gasteiger partial charge < -0.3 is 15.4 Å². The van der Waals surface area contributed by atoms with Crippen LogP contribution in [0.25, 0.3) is 0 Å². The highest BCUT2D eigenvalue weighted by molar-refractivity contribution is 7.89. The first-order chi connectivity index (χ1) is 11.5. The number of benzene rings is 1. The smallest absolute Gasteiger partial charge is 0.254 e. The van der Waals surface area contributed by atoms with Gasteiger partial charge in [-0.2, -0.15) is 4.31 Å². The molecular formula is C15H20ClN3O4S. The minimum Gasteiger partial charge on any atom is -0.366 e. The number of sulfonamides is 1. The topological polar surface area (TPSA) is 87.7 Å². The van der Waals surface area contributed by atoms with Gasteiger partial charge in [0.05, 0.1) is 11.6 Å². The lowest BCUT2D eigenvalue weighted by molar-refractivity contribution is -0.128. The van der Waals surface area contributed by atoms with Crippen molar-refractivity contribution in [3.63, 3.8) is 0 Å². The van der Waals surface area contributed by atoms with Crippen molar-refractivity contribution >= 4 is 33.2 Å². The molecule has 2 fully saturated rings. The van der Waals surface area contributed by atoms with Crippen LogP contribution in [0.1, 0.15) is 12.8 Å². The first-order valence-electron chi connectivity index (χ1n) is 7.91. The van der Waals surface area contributed by atoms with Crippen molar-refractivity contribution in [2.75, 3.05) is 38.1 Å². The number of carbonyl (C=O) groups is 1. The average molecular weight is 374 g/mol. The van der Waals surface area contributed by atoms with Crippen LogP contribution in [0, 0.1) is 0 Å². The number of ether oxygens (including phenoxy) is 1. The highest BCUT2D eigenvalue weighted by atomic mass is 35.5. The van der Waals surface area contributed by atoms with Gasteiger partial charge in [0.15, 0.2) is 0 Å². The zero-order valence-electron chi connectivity index (χ0n) is 13.1. The van der Waals surface area contributed by atoms with Crippen LogP contribution >= 0.6 is 11.6 Å². The third kappa shape index (κ3) is 3.73. The molecule has 3 rings (SSSR count). The Bertz CT molecular complexity index is 713. The average Bonchev–Trinajstić information content (AvgIpc) is 3.12. The normalized spacial score (nSPS) is 22.5. The maximum Gasteiger partial charge on any atom is 0.254 e. The molecule has 9 heteroatoms. The maximum atomic E-state index is 12.7. The van der Waals surface area contributed by atoms with Gasteiger partial charge in [0, 0.05) is 31.9 Å². The van der Waals surface area contributed by atoms with Gasteiger partial charge in [0.1, 0.15) is 11.0 Å². The zero-order valence-corrected chi connectivity index (χ0v) is 14.7. The maximum absolute atomic E-state index is 12.7. The van der Waals surface area contributed by atoms with E-state index in [9.17, 15) is 13.2 Å². The Hall–Kier alpha value is -1.19. The molecular weight excluding hydrogens is 354 g/mol. The first-order valence-corrected chi connectivity index (χ1v) is 9.73. The van der Waals surface area contributed by atoms with Crippen LogP contribution in [0.4, 0.5) is 5.69 Å². The summed E-state index contributed by atoms with van der Waals surface area (Å²) < 4.78 is 32.2. The highest BCUT2D eigenvalue weighted by Gasteiger charge is 2.30. The number of halogens is 1. The number of anilines is 1. The second-order valence-electron chi connectivity index (χ2n) is 5.81. The number of hydrogen-bond donors (Lipinski definition) is 2. The molecule has 1 aromatic carbocycles. The zero-order chi connectivity index (χ0) is 17.2. The summed E-state index contributed by atoms with van der Waals surface area (Å²) in [5.41, 5.74) is 0.386. The lowest BCUT2D eigenvalue weighted by atomic mass is 10.2. The van der Waals surface area contributed by atoms with Gasteiger partial charge in [-0.25, -0.2) is 8.42 Å². The van der Waals surface area contributed by atoms with Crippen LogP contribution in [-0.2, 0) is 19.6 Å². The summed E-state index contributed by atoms with van der Waals surface area (Å²) in [6.07, 6.45) is 1.10. The van der Waals surface area contributed by atoms with Crippen molar-refractivity contribution in [2.45, 2.75) is 23.8 Å². The van der Waals surface area contributed by atoms with Crippen molar-refractivity contribution in [1.82, 2.24) is 9.62 Å². The Morgan fingerprint density at radius 3 is 2.75 bits per heavy atom. The second kappa shape index (κ2) is 7.37. The molecule has 1 amide bonds. The molecule has 0 saturated carbocycles. The number of morpholine rings is 1. The van der Waals surface area contributed by atoms with Crippen molar-refractivity contribution in [3.8, 4) is 0 Å². The molecule has 2 heterocycles. The molecule has 0 bridgehead atoms. The summed E-state index contributed by atoms with van der Waals surface area (Å²) in [6, 6.07) is 4.48. The fraction of sp³-hybridized carbons (Fsp3) is 0.533. The summed E-state index contributed by atoms with van der Waals surface area (Å²) >= 11 is 6.09. The third-order valence-electron chi connectivity index (χ3n) is 4.10. The summed E-state index contributed by atoms with van der Waals surface area (Å²) in [4.78, 5) is 12.2. The van der Waals surface area contributed by atoms with Crippen molar-refractivity contribution < 1.29 is 17.9 Å². The van der Waals surface area contributed by atoms with E-state index in [0.717, 1.165) is 12.8 Å². The Kier molecular flexibility index (Phi) is 5.41. The van der Waals surface area contributed by atoms with E-state index >= 15 is 0 Å². The van der Waals surface area contributed by atoms with E-state index in [1.807, 2.05) is 0 Å². The Morgan fingerprint density at radius 2 is 2.08 bits per heavy atom. The van der Waals surface area contributed by atoms with E-state index in [-0.39, 0.29) is 15.8 Å². The highest BCUT2D eigenvalue weighted by Crippen LogP contribution is 2.29. The monoisotopic (exact) mass is 373 g/mol. The van der Waals surface area contributed by atoms with E-state index in [1.54, 1.807) is 6.07 Å². The Balaban J connectivity index is 1.79. The van der Waals surface area contributed by atoms with Gasteiger partial charge in [-0.15, -0.1) is 0 Å². The van der Waals surface area contributed by atoms with Gasteiger partial charge >= 0.3 is 0 Å². The molecule has 0 radical (unpaired) electrons. The summed E-state index contributed by atoms with van der Waals surface area (Å²) in [6.45, 7) is 2.60. The molecule has 2 N–H and O–H groups in total. The van der Waals surface area contributed by atoms with Crippen molar-refractivity contribution in [2.24, 2.45) is 0 Å². The molecule has 1 unspecified atom stereocenters. The fourth-order valence-corrected chi connectivity index (χ4v) is 4.82. The minimum atomic E-state index is -3.65. The first kappa shape index (κ1) is 17.6. The second-order valence-corrected chi connectivity index (χ2v) is 8.12. The van der Waals surface area contributed by atoms with Gasteiger partial charge in [0.25, 0.3) is 5.91 Å². The molecule has 2 aliphatic heterocycles. The number of nitrogens with one attached hydrogen (secondary N) is 2. The predicted molar refractivity (Wildman–Crippen MR) is 90.7 cm³/mol. The lowest BCUT2D eigenvalue weighted by Crippen LogP contribution is -2.45. The van der Waals surface area contributed by atoms with Crippen molar-refractivity contribution in [1.29, 1.82) is 0 Å². The molecule has 2 saturated heterocycles. The van der Waals surface area contributed by atoms with Gasteiger partial charge in [0.2, 0.25) is 10.0 Å². The van der Waals surface area contributed by atoms with Crippen LogP contribution < -0.4 is 10.6 Å². The number of hydrogen-bond acceptors (Lipinski definition) is 5. The van der Waals surface area contributed by atoms with Gasteiger partial charge in [-0.05, 0) is 31.0 Å². The van der Waals surface area contributed by atoms with Gasteiger partial charge in [-0.1, -0.05) is 11.6 Å². The Labute approximate surface area is 146 Å². The van der Waals surface area contributed by atoms with Crippen LogP contribution in [0.3, 0.4) is 0 Å². The third-order valence-corrected chi connectivity index (χ3v) is 6.48. The molecule has 0 aliphatic carbocycles. The molecule has 0 spiro atoms. The van der Waals surface area contributed by atoms with Gasteiger partial charge in [-0.3, -0.25) is 4.79 Å². The number of nitrogens with zero attached hydrogens (tertiary/aromatic N) is 1. The fourth-order valence-electron chi connectivity index (χ4n) is 2.80. The number of rotatable bonds is 4. The van der Waals surface area contributed by atoms with Crippen LogP contribution in [0.2, 0.25) is 5.02 Å². The predicted octanol–water partition coefficient (Wildman–Crippen LogP) is 1.05. The van der Waals surface area contributed by atoms with Crippen LogP contribution in [0.15, 0.2) is 23.1 Å². The standard InChI is InChI=1S/C15H20ClN3O4S/c16-12-4-3-11(18-15(20)13-10-17-5-8-23-13)9-14(12)24(21,22)19-6-1-2-7-19/h3-4,9,13,17H,1-2,5-8,10H2,(H,18,20). The van der Waals surface area contributed by atoms with E-state index in [0.29, 0.717) is 38.5 Å². The van der Waals surface area contributed by atoms with E-state index in [1.165, 1.54) is 16.4 Å². The SMILES string of the molecule is O=C(Nc1ccc(Cl)c(S(=O)(=O)N2CCCC2)c1)C1CNCCO1. The molecule has 132 valence electrons. The number of amides is 1. The van der Waals surface area contributed by atoms with E-state index in [2.05, 4.69) is 10.6 Å². The lowest BCUT2D eigenvalue weighted by Gasteiger charge is -2.23. The van der Waals surface area contributed by atoms with E-state index in [4.69, 9.17) is 16.3 Å². The van der Waals surface area contributed by atoms with Crippen molar-refractivity contribution in [3.05, 3.63) is 23.2 Å². The largest absolute Gasteiger partial charge is 0.366 e. The quantitative estimate of drug-likeness (QED) is 0.823. The molecule has 0 aromatic heterocycles. The Morgan fingerprint density at radius 1 is 1.33 bits per heavy atom. The molecule has 7 nitrogen and oxygen atoms in total. The summed E-state index contributed by atoms with van der Waals surface area (Å²) in [5.74, 6) is -0.311.